The fourth-order valence-electron chi connectivity index (χ4n) is 3.36. The molecule has 1 aliphatic heterocycles. The van der Waals surface area contributed by atoms with E-state index in [1.807, 2.05) is 32.0 Å². The highest BCUT2D eigenvalue weighted by atomic mass is 32.1. The number of aryl methyl sites for hydroxylation is 2. The van der Waals surface area contributed by atoms with E-state index in [1.54, 1.807) is 12.1 Å². The molecule has 1 aliphatic rings. The first-order valence-electron chi connectivity index (χ1n) is 9.43. The molecule has 7 heteroatoms. The molecule has 3 rings (SSSR count). The largest absolute Gasteiger partial charge is 0.338 e. The Labute approximate surface area is 170 Å². The topological polar surface area (TPSA) is 48.8 Å². The predicted octanol–water partition coefficient (Wildman–Crippen LogP) is 1.98. The van der Waals surface area contributed by atoms with Gasteiger partial charge in [-0.3, -0.25) is 4.79 Å². The zero-order valence-corrected chi connectivity index (χ0v) is 17.0. The van der Waals surface area contributed by atoms with Gasteiger partial charge in [-0.2, -0.15) is 0 Å². The Balaban J connectivity index is 1.46. The molecule has 2 aromatic carbocycles. The summed E-state index contributed by atoms with van der Waals surface area (Å²) in [6.45, 7) is 7.68. The average Bonchev–Trinajstić information content (AvgIpc) is 2.67. The third-order valence-electron chi connectivity index (χ3n) is 5.01. The number of nitrogens with zero attached hydrogens (tertiary/aromatic N) is 1. The van der Waals surface area contributed by atoms with Crippen LogP contribution in [0.15, 0.2) is 42.5 Å². The van der Waals surface area contributed by atoms with E-state index in [-0.39, 0.29) is 11.7 Å². The van der Waals surface area contributed by atoms with Gasteiger partial charge in [-0.1, -0.05) is 18.2 Å². The highest BCUT2D eigenvalue weighted by Crippen LogP contribution is 2.18. The average molecular weight is 402 g/mol. The number of piperazine rings is 1. The van der Waals surface area contributed by atoms with E-state index >= 15 is 0 Å². The van der Waals surface area contributed by atoms with Gasteiger partial charge in [-0.15, -0.1) is 0 Å². The Bertz CT molecular complexity index is 828. The number of quaternary nitrogens is 1. The third-order valence-corrected chi connectivity index (χ3v) is 5.37. The van der Waals surface area contributed by atoms with Gasteiger partial charge < -0.3 is 20.4 Å². The van der Waals surface area contributed by atoms with Crippen LogP contribution in [0.25, 0.3) is 0 Å². The lowest BCUT2D eigenvalue weighted by Gasteiger charge is -2.33. The summed E-state index contributed by atoms with van der Waals surface area (Å²) in [5, 5.41) is 6.83. The van der Waals surface area contributed by atoms with Crippen LogP contribution in [0.1, 0.15) is 11.1 Å². The Kier molecular flexibility index (Phi) is 6.59. The number of amides is 1. The van der Waals surface area contributed by atoms with Crippen LogP contribution in [0.2, 0.25) is 0 Å². The fraction of sp³-hybridized carbons (Fsp3) is 0.333. The van der Waals surface area contributed by atoms with Crippen molar-refractivity contribution in [2.24, 2.45) is 0 Å². The highest BCUT2D eigenvalue weighted by Gasteiger charge is 2.24. The summed E-state index contributed by atoms with van der Waals surface area (Å²) in [7, 11) is 0. The van der Waals surface area contributed by atoms with Crippen molar-refractivity contribution in [3.8, 4) is 0 Å². The molecule has 1 fully saturated rings. The molecular weight excluding hydrogens is 375 g/mol. The van der Waals surface area contributed by atoms with Gasteiger partial charge in [-0.25, -0.2) is 4.39 Å². The van der Waals surface area contributed by atoms with E-state index in [4.69, 9.17) is 12.2 Å². The summed E-state index contributed by atoms with van der Waals surface area (Å²) >= 11 is 5.46. The minimum Gasteiger partial charge on any atom is -0.338 e. The summed E-state index contributed by atoms with van der Waals surface area (Å²) in [6, 6.07) is 12.1. The minimum absolute atomic E-state index is 0.0351. The highest BCUT2D eigenvalue weighted by molar-refractivity contribution is 7.80. The maximum Gasteiger partial charge on any atom is 0.279 e. The first kappa shape index (κ1) is 20.2. The summed E-state index contributed by atoms with van der Waals surface area (Å²) < 4.78 is 13.0. The molecule has 0 aliphatic carbocycles. The number of hydrogen-bond donors (Lipinski definition) is 3. The van der Waals surface area contributed by atoms with Crippen molar-refractivity contribution >= 4 is 34.6 Å². The number of rotatable bonds is 4. The van der Waals surface area contributed by atoms with Crippen molar-refractivity contribution in [3.05, 3.63) is 59.4 Å². The molecule has 0 aromatic heterocycles. The zero-order chi connectivity index (χ0) is 20.1. The van der Waals surface area contributed by atoms with Gasteiger partial charge in [0.05, 0.1) is 26.2 Å². The number of benzene rings is 2. The molecule has 0 spiro atoms. The van der Waals surface area contributed by atoms with E-state index < -0.39 is 0 Å². The normalized spacial score (nSPS) is 14.6. The zero-order valence-electron chi connectivity index (χ0n) is 16.2. The minimum atomic E-state index is -0.271. The SMILES string of the molecule is Cc1cccc(C)c1NC(=O)C[NH+]1CCN(C(=S)Nc2ccc(F)cc2)CC1. The number of para-hydroxylation sites is 1. The van der Waals surface area contributed by atoms with Crippen molar-refractivity contribution in [1.29, 1.82) is 0 Å². The van der Waals surface area contributed by atoms with Crippen LogP contribution in [0.4, 0.5) is 15.8 Å². The Morgan fingerprint density at radius 3 is 2.29 bits per heavy atom. The van der Waals surface area contributed by atoms with Crippen molar-refractivity contribution in [2.75, 3.05) is 43.4 Å². The van der Waals surface area contributed by atoms with Crippen LogP contribution in [0.5, 0.6) is 0 Å². The number of carbonyl (C=O) groups excluding carboxylic acids is 1. The number of hydrogen-bond acceptors (Lipinski definition) is 2. The molecule has 0 saturated carbocycles. The summed E-state index contributed by atoms with van der Waals surface area (Å²) in [4.78, 5) is 15.8. The smallest absolute Gasteiger partial charge is 0.279 e. The lowest BCUT2D eigenvalue weighted by molar-refractivity contribution is -0.895. The Morgan fingerprint density at radius 1 is 1.07 bits per heavy atom. The molecule has 148 valence electrons. The van der Waals surface area contributed by atoms with Gasteiger partial charge in [0.2, 0.25) is 0 Å². The Hall–Kier alpha value is -2.51. The molecule has 28 heavy (non-hydrogen) atoms. The second-order valence-electron chi connectivity index (χ2n) is 7.17. The molecule has 1 amide bonds. The summed E-state index contributed by atoms with van der Waals surface area (Å²) in [6.07, 6.45) is 0. The maximum absolute atomic E-state index is 13.0. The molecule has 0 radical (unpaired) electrons. The molecule has 0 atom stereocenters. The number of anilines is 2. The van der Waals surface area contributed by atoms with Crippen LogP contribution >= 0.6 is 12.2 Å². The second-order valence-corrected chi connectivity index (χ2v) is 7.55. The maximum atomic E-state index is 13.0. The molecule has 0 unspecified atom stereocenters. The van der Waals surface area contributed by atoms with Crippen molar-refractivity contribution in [1.82, 2.24) is 4.90 Å². The fourth-order valence-corrected chi connectivity index (χ4v) is 3.66. The first-order valence-corrected chi connectivity index (χ1v) is 9.84. The first-order chi connectivity index (χ1) is 13.4. The van der Waals surface area contributed by atoms with Crippen LogP contribution in [-0.4, -0.2) is 48.6 Å². The van der Waals surface area contributed by atoms with Crippen LogP contribution < -0.4 is 15.5 Å². The molecular formula is C21H26FN4OS+. The quantitative estimate of drug-likeness (QED) is 0.686. The van der Waals surface area contributed by atoms with Gasteiger partial charge in [0.1, 0.15) is 5.82 Å². The number of carbonyl (C=O) groups is 1. The van der Waals surface area contributed by atoms with E-state index in [0.29, 0.717) is 11.7 Å². The predicted molar refractivity (Wildman–Crippen MR) is 114 cm³/mol. The molecule has 1 heterocycles. The number of thiocarbonyl (C=S) groups is 1. The van der Waals surface area contributed by atoms with Crippen molar-refractivity contribution < 1.29 is 14.1 Å². The molecule has 2 aromatic rings. The van der Waals surface area contributed by atoms with Gasteiger partial charge in [0, 0.05) is 11.4 Å². The van der Waals surface area contributed by atoms with E-state index in [2.05, 4.69) is 15.5 Å². The van der Waals surface area contributed by atoms with Crippen molar-refractivity contribution in [3.63, 3.8) is 0 Å². The monoisotopic (exact) mass is 401 g/mol. The number of halogens is 1. The lowest BCUT2D eigenvalue weighted by Crippen LogP contribution is -3.15. The van der Waals surface area contributed by atoms with E-state index in [1.165, 1.54) is 17.0 Å². The third kappa shape index (κ3) is 5.27. The van der Waals surface area contributed by atoms with Gasteiger partial charge >= 0.3 is 0 Å². The Morgan fingerprint density at radius 2 is 1.68 bits per heavy atom. The summed E-state index contributed by atoms with van der Waals surface area (Å²) in [5.74, 6) is -0.235. The summed E-state index contributed by atoms with van der Waals surface area (Å²) in [5.41, 5.74) is 3.83. The van der Waals surface area contributed by atoms with Crippen molar-refractivity contribution in [2.45, 2.75) is 13.8 Å². The molecule has 5 nitrogen and oxygen atoms in total. The van der Waals surface area contributed by atoms with E-state index in [0.717, 1.165) is 48.7 Å². The molecule has 0 bridgehead atoms. The lowest BCUT2D eigenvalue weighted by atomic mass is 10.1. The number of nitrogens with one attached hydrogen (secondary N) is 3. The van der Waals surface area contributed by atoms with Crippen LogP contribution in [0.3, 0.4) is 0 Å². The van der Waals surface area contributed by atoms with Gasteiger partial charge in [0.15, 0.2) is 11.7 Å². The second kappa shape index (κ2) is 9.12. The molecule has 3 N–H and O–H groups in total. The molecule has 1 saturated heterocycles. The standard InChI is InChI=1S/C21H25FN4OS/c1-15-4-3-5-16(2)20(15)24-19(27)14-25-10-12-26(13-11-25)21(28)23-18-8-6-17(22)7-9-18/h3-9H,10-14H2,1-2H3,(H,23,28)(H,24,27)/p+1. The van der Waals surface area contributed by atoms with E-state index in [9.17, 15) is 9.18 Å². The van der Waals surface area contributed by atoms with Gasteiger partial charge in [-0.05, 0) is 61.5 Å². The van der Waals surface area contributed by atoms with Crippen LogP contribution in [-0.2, 0) is 4.79 Å². The van der Waals surface area contributed by atoms with Crippen LogP contribution in [0, 0.1) is 19.7 Å². The van der Waals surface area contributed by atoms with Gasteiger partial charge in [0.25, 0.3) is 5.91 Å².